The highest BCUT2D eigenvalue weighted by Crippen LogP contribution is 2.41. The molecular weight excluding hydrogens is 279 g/mol. The third-order valence-electron chi connectivity index (χ3n) is 5.45. The molecule has 2 N–H and O–H groups in total. The van der Waals surface area contributed by atoms with Crippen LogP contribution >= 0.6 is 0 Å². The van der Waals surface area contributed by atoms with Crippen LogP contribution in [0, 0.1) is 23.6 Å². The zero-order valence-electron chi connectivity index (χ0n) is 13.2. The molecule has 1 heterocycles. The van der Waals surface area contributed by atoms with Crippen molar-refractivity contribution < 1.29 is 9.18 Å². The third-order valence-corrected chi connectivity index (χ3v) is 5.45. The van der Waals surface area contributed by atoms with Crippen LogP contribution in [-0.4, -0.2) is 23.9 Å². The van der Waals surface area contributed by atoms with Gasteiger partial charge >= 0.3 is 0 Å². The van der Waals surface area contributed by atoms with Crippen LogP contribution in [-0.2, 0) is 4.79 Å². The summed E-state index contributed by atoms with van der Waals surface area (Å²) in [4.78, 5) is 15.0. The maximum Gasteiger partial charge on any atom is 0.226 e. The lowest BCUT2D eigenvalue weighted by Crippen LogP contribution is -2.39. The molecule has 3 nitrogen and oxygen atoms in total. The Morgan fingerprint density at radius 3 is 2.91 bits per heavy atom. The van der Waals surface area contributed by atoms with Crippen molar-refractivity contribution in [3.63, 3.8) is 0 Å². The molecule has 2 fully saturated rings. The number of rotatable bonds is 3. The van der Waals surface area contributed by atoms with Crippen molar-refractivity contribution in [2.45, 2.75) is 38.6 Å². The van der Waals surface area contributed by atoms with E-state index in [4.69, 9.17) is 5.73 Å². The van der Waals surface area contributed by atoms with Gasteiger partial charge in [-0.05, 0) is 55.3 Å². The van der Waals surface area contributed by atoms with Crippen LogP contribution in [0.1, 0.15) is 44.2 Å². The molecule has 1 aromatic rings. The van der Waals surface area contributed by atoms with Crippen LogP contribution in [0.15, 0.2) is 24.3 Å². The Morgan fingerprint density at radius 1 is 1.36 bits per heavy atom. The van der Waals surface area contributed by atoms with Gasteiger partial charge in [-0.2, -0.15) is 0 Å². The van der Waals surface area contributed by atoms with Crippen molar-refractivity contribution >= 4 is 5.91 Å². The zero-order chi connectivity index (χ0) is 15.7. The Kier molecular flexibility index (Phi) is 4.48. The fraction of sp³-hybridized carbons (Fsp3) is 0.611. The summed E-state index contributed by atoms with van der Waals surface area (Å²) in [6.45, 7) is 3.51. The van der Waals surface area contributed by atoms with Gasteiger partial charge in [0.25, 0.3) is 0 Å². The van der Waals surface area contributed by atoms with Gasteiger partial charge in [0.05, 0.1) is 6.04 Å². The number of hydrogen-bond acceptors (Lipinski definition) is 2. The van der Waals surface area contributed by atoms with E-state index in [2.05, 4.69) is 6.92 Å². The van der Waals surface area contributed by atoms with Gasteiger partial charge in [-0.15, -0.1) is 0 Å². The summed E-state index contributed by atoms with van der Waals surface area (Å²) in [5.74, 6) is 0.739. The number of nitrogens with zero attached hydrogens (tertiary/aromatic N) is 1. The molecular formula is C18H25FN2O. The van der Waals surface area contributed by atoms with Crippen molar-refractivity contribution in [2.24, 2.45) is 23.5 Å². The van der Waals surface area contributed by atoms with Gasteiger partial charge in [-0.1, -0.05) is 25.5 Å². The highest BCUT2D eigenvalue weighted by atomic mass is 19.1. The van der Waals surface area contributed by atoms with Crippen LogP contribution in [0.3, 0.4) is 0 Å². The van der Waals surface area contributed by atoms with Crippen LogP contribution in [0.4, 0.5) is 4.39 Å². The van der Waals surface area contributed by atoms with Crippen molar-refractivity contribution in [1.29, 1.82) is 0 Å². The van der Waals surface area contributed by atoms with E-state index in [0.717, 1.165) is 37.8 Å². The number of halogens is 1. The minimum absolute atomic E-state index is 0.00206. The fourth-order valence-electron chi connectivity index (χ4n) is 4.25. The summed E-state index contributed by atoms with van der Waals surface area (Å²) in [5, 5.41) is 0. The lowest BCUT2D eigenvalue weighted by Gasteiger charge is -2.31. The monoisotopic (exact) mass is 304 g/mol. The van der Waals surface area contributed by atoms with Crippen molar-refractivity contribution in [1.82, 2.24) is 4.90 Å². The number of amides is 1. The van der Waals surface area contributed by atoms with Gasteiger partial charge in [0.15, 0.2) is 0 Å². The lowest BCUT2D eigenvalue weighted by molar-refractivity contribution is -0.138. The second-order valence-electron chi connectivity index (χ2n) is 6.83. The maximum atomic E-state index is 13.6. The van der Waals surface area contributed by atoms with Gasteiger partial charge < -0.3 is 10.6 Å². The Hall–Kier alpha value is -1.42. The summed E-state index contributed by atoms with van der Waals surface area (Å²) in [6.07, 6.45) is 4.07. The quantitative estimate of drug-likeness (QED) is 0.932. The van der Waals surface area contributed by atoms with Crippen LogP contribution in [0.25, 0.3) is 0 Å². The summed E-state index contributed by atoms with van der Waals surface area (Å²) >= 11 is 0. The molecule has 1 aliphatic carbocycles. The SMILES string of the molecule is CC1CCN(C(=O)[C@@H]2CCC[C@@H]2CN)C1c1cccc(F)c1. The molecule has 0 aromatic heterocycles. The van der Waals surface area contributed by atoms with Gasteiger partial charge in [0.1, 0.15) is 5.82 Å². The molecule has 1 aliphatic heterocycles. The Labute approximate surface area is 131 Å². The predicted octanol–water partition coefficient (Wildman–Crippen LogP) is 3.11. The van der Waals surface area contributed by atoms with Gasteiger partial charge in [-0.25, -0.2) is 4.39 Å². The Morgan fingerprint density at radius 2 is 2.18 bits per heavy atom. The molecule has 22 heavy (non-hydrogen) atoms. The number of hydrogen-bond donors (Lipinski definition) is 1. The first-order valence-electron chi connectivity index (χ1n) is 8.38. The molecule has 2 aliphatic rings. The minimum atomic E-state index is -0.232. The molecule has 1 saturated heterocycles. The highest BCUT2D eigenvalue weighted by molar-refractivity contribution is 5.80. The summed E-state index contributed by atoms with van der Waals surface area (Å²) in [5.41, 5.74) is 6.75. The van der Waals surface area contributed by atoms with Crippen LogP contribution in [0.5, 0.6) is 0 Å². The van der Waals surface area contributed by atoms with E-state index in [1.165, 1.54) is 6.07 Å². The number of benzene rings is 1. The molecule has 0 radical (unpaired) electrons. The van der Waals surface area contributed by atoms with Crippen molar-refractivity contribution in [3.05, 3.63) is 35.6 Å². The molecule has 1 saturated carbocycles. The molecule has 3 rings (SSSR count). The van der Waals surface area contributed by atoms with E-state index in [0.29, 0.717) is 18.4 Å². The summed E-state index contributed by atoms with van der Waals surface area (Å²) in [7, 11) is 0. The molecule has 1 amide bonds. The van der Waals surface area contributed by atoms with E-state index < -0.39 is 0 Å². The predicted molar refractivity (Wildman–Crippen MR) is 84.5 cm³/mol. The first-order valence-corrected chi connectivity index (χ1v) is 8.38. The first kappa shape index (κ1) is 15.5. The molecule has 120 valence electrons. The third kappa shape index (κ3) is 2.76. The van der Waals surface area contributed by atoms with Gasteiger partial charge in [-0.3, -0.25) is 4.79 Å². The van der Waals surface area contributed by atoms with E-state index in [1.54, 1.807) is 12.1 Å². The number of likely N-dealkylation sites (tertiary alicyclic amines) is 1. The number of nitrogens with two attached hydrogens (primary N) is 1. The van der Waals surface area contributed by atoms with Crippen molar-refractivity contribution in [2.75, 3.05) is 13.1 Å². The van der Waals surface area contributed by atoms with E-state index >= 15 is 0 Å². The second kappa shape index (κ2) is 6.37. The Bertz CT molecular complexity index is 548. The van der Waals surface area contributed by atoms with E-state index in [1.807, 2.05) is 11.0 Å². The zero-order valence-corrected chi connectivity index (χ0v) is 13.2. The molecule has 1 aromatic carbocycles. The lowest BCUT2D eigenvalue weighted by atomic mass is 9.92. The average Bonchev–Trinajstić information content (AvgIpc) is 3.12. The first-order chi connectivity index (χ1) is 10.6. The maximum absolute atomic E-state index is 13.6. The smallest absolute Gasteiger partial charge is 0.226 e. The van der Waals surface area contributed by atoms with Crippen LogP contribution < -0.4 is 5.73 Å². The number of carbonyl (C=O) groups is 1. The largest absolute Gasteiger partial charge is 0.335 e. The highest BCUT2D eigenvalue weighted by Gasteiger charge is 2.41. The molecule has 0 spiro atoms. The summed E-state index contributed by atoms with van der Waals surface area (Å²) in [6, 6.07) is 6.70. The fourth-order valence-corrected chi connectivity index (χ4v) is 4.25. The molecule has 0 bridgehead atoms. The topological polar surface area (TPSA) is 46.3 Å². The standard InChI is InChI=1S/C18H25FN2O/c1-12-8-9-21(17(12)13-4-2-6-15(19)10-13)18(22)16-7-3-5-14(16)11-20/h2,4,6,10,12,14,16-17H,3,5,7-9,11,20H2,1H3/t12?,14-,16-,17?/m1/s1. The molecule has 2 unspecified atom stereocenters. The normalized spacial score (nSPS) is 31.7. The van der Waals surface area contributed by atoms with Gasteiger partial charge in [0.2, 0.25) is 5.91 Å². The van der Waals surface area contributed by atoms with Crippen molar-refractivity contribution in [3.8, 4) is 0 Å². The van der Waals surface area contributed by atoms with E-state index in [9.17, 15) is 9.18 Å². The summed E-state index contributed by atoms with van der Waals surface area (Å²) < 4.78 is 13.6. The molecule has 4 heteroatoms. The van der Waals surface area contributed by atoms with E-state index in [-0.39, 0.29) is 23.7 Å². The number of carbonyl (C=O) groups excluding carboxylic acids is 1. The van der Waals surface area contributed by atoms with Gasteiger partial charge in [0, 0.05) is 12.5 Å². The van der Waals surface area contributed by atoms with Crippen LogP contribution in [0.2, 0.25) is 0 Å². The molecule has 4 atom stereocenters. The second-order valence-corrected chi connectivity index (χ2v) is 6.83. The Balaban J connectivity index is 1.84. The average molecular weight is 304 g/mol. The minimum Gasteiger partial charge on any atom is -0.335 e.